The van der Waals surface area contributed by atoms with Crippen molar-refractivity contribution in [2.45, 2.75) is 0 Å². The van der Waals surface area contributed by atoms with Crippen LogP contribution < -0.4 is 10.5 Å². The van der Waals surface area contributed by atoms with Gasteiger partial charge in [0.2, 0.25) is 0 Å². The highest BCUT2D eigenvalue weighted by molar-refractivity contribution is 7.13. The van der Waals surface area contributed by atoms with E-state index in [2.05, 4.69) is 9.97 Å². The minimum atomic E-state index is 0.546. The fourth-order valence-corrected chi connectivity index (χ4v) is 1.64. The number of hydrogen-bond acceptors (Lipinski definition) is 5. The van der Waals surface area contributed by atoms with E-state index in [1.807, 2.05) is 11.4 Å². The summed E-state index contributed by atoms with van der Waals surface area (Å²) >= 11 is 1.40. The van der Waals surface area contributed by atoms with Crippen molar-refractivity contribution in [2.24, 2.45) is 0 Å². The Morgan fingerprint density at radius 1 is 1.43 bits per heavy atom. The van der Waals surface area contributed by atoms with E-state index in [4.69, 9.17) is 10.5 Å². The normalized spacial score (nSPS) is 10.1. The van der Waals surface area contributed by atoms with E-state index in [1.165, 1.54) is 11.3 Å². The Morgan fingerprint density at radius 3 is 2.93 bits per heavy atom. The molecule has 2 aromatic rings. The Labute approximate surface area is 85.4 Å². The minimum absolute atomic E-state index is 0.546. The van der Waals surface area contributed by atoms with E-state index in [-0.39, 0.29) is 0 Å². The van der Waals surface area contributed by atoms with Gasteiger partial charge in [-0.15, -0.1) is 11.3 Å². The van der Waals surface area contributed by atoms with Crippen molar-refractivity contribution in [1.29, 1.82) is 0 Å². The maximum atomic E-state index is 5.53. The number of aromatic nitrogens is 2. The van der Waals surface area contributed by atoms with Gasteiger partial charge in [0, 0.05) is 17.6 Å². The quantitative estimate of drug-likeness (QED) is 0.815. The molecule has 0 aliphatic carbocycles. The number of anilines is 1. The number of hydrogen-bond donors (Lipinski definition) is 1. The van der Waals surface area contributed by atoms with E-state index in [0.717, 1.165) is 17.1 Å². The highest BCUT2D eigenvalue weighted by Gasteiger charge is 2.04. The van der Waals surface area contributed by atoms with Crippen LogP contribution in [0.1, 0.15) is 0 Å². The summed E-state index contributed by atoms with van der Waals surface area (Å²) in [5.74, 6) is 0.765. The maximum absolute atomic E-state index is 5.53. The minimum Gasteiger partial charge on any atom is -0.497 e. The summed E-state index contributed by atoms with van der Waals surface area (Å²) in [6.07, 6.45) is 1.68. The van der Waals surface area contributed by atoms with Gasteiger partial charge < -0.3 is 10.5 Å². The summed E-state index contributed by atoms with van der Waals surface area (Å²) in [4.78, 5) is 8.31. The Morgan fingerprint density at radius 2 is 2.29 bits per heavy atom. The lowest BCUT2D eigenvalue weighted by molar-refractivity contribution is 0.414. The van der Waals surface area contributed by atoms with Gasteiger partial charge in [0.25, 0.3) is 0 Å². The second-order valence-electron chi connectivity index (χ2n) is 2.65. The number of thiazole rings is 1. The predicted molar refractivity (Wildman–Crippen MR) is 56.3 cm³/mol. The molecule has 2 N–H and O–H groups in total. The number of nitrogen functional groups attached to an aromatic ring is 1. The van der Waals surface area contributed by atoms with E-state index in [0.29, 0.717) is 5.13 Å². The summed E-state index contributed by atoms with van der Waals surface area (Å²) < 4.78 is 5.09. The molecule has 0 aliphatic rings. The van der Waals surface area contributed by atoms with Crippen LogP contribution in [-0.4, -0.2) is 17.1 Å². The first-order chi connectivity index (χ1) is 6.79. The zero-order chi connectivity index (χ0) is 9.97. The highest BCUT2D eigenvalue weighted by atomic mass is 32.1. The third kappa shape index (κ3) is 1.67. The number of nitrogens with zero attached hydrogens (tertiary/aromatic N) is 2. The van der Waals surface area contributed by atoms with Crippen LogP contribution in [0, 0.1) is 0 Å². The van der Waals surface area contributed by atoms with Crippen LogP contribution in [0.4, 0.5) is 5.13 Å². The van der Waals surface area contributed by atoms with E-state index in [1.54, 1.807) is 19.4 Å². The van der Waals surface area contributed by atoms with Gasteiger partial charge in [0.1, 0.15) is 11.4 Å². The summed E-state index contributed by atoms with van der Waals surface area (Å²) in [6, 6.07) is 3.62. The Hall–Kier alpha value is -1.62. The summed E-state index contributed by atoms with van der Waals surface area (Å²) in [6.45, 7) is 0. The molecule has 72 valence electrons. The molecule has 0 radical (unpaired) electrons. The van der Waals surface area contributed by atoms with Crippen LogP contribution in [-0.2, 0) is 0 Å². The molecule has 5 heteroatoms. The molecule has 0 aliphatic heterocycles. The standard InChI is InChI=1S/C9H9N3OS/c1-13-6-2-3-11-7(4-6)8-5-14-9(10)12-8/h2-5H,1H3,(H2,10,12). The fourth-order valence-electron chi connectivity index (χ4n) is 1.08. The van der Waals surface area contributed by atoms with Crippen LogP contribution >= 0.6 is 11.3 Å². The maximum Gasteiger partial charge on any atom is 0.180 e. The van der Waals surface area contributed by atoms with Crippen LogP contribution in [0.25, 0.3) is 11.4 Å². The molecule has 2 rings (SSSR count). The molecule has 0 saturated heterocycles. The Bertz CT molecular complexity index is 441. The van der Waals surface area contributed by atoms with Crippen LogP contribution in [0.3, 0.4) is 0 Å². The van der Waals surface area contributed by atoms with Crippen LogP contribution in [0.15, 0.2) is 23.7 Å². The molecule has 4 nitrogen and oxygen atoms in total. The number of nitrogens with two attached hydrogens (primary N) is 1. The number of pyridine rings is 1. The van der Waals surface area contributed by atoms with Gasteiger partial charge in [-0.2, -0.15) is 0 Å². The number of ether oxygens (including phenoxy) is 1. The predicted octanol–water partition coefficient (Wildman–Crippen LogP) is 1.80. The summed E-state index contributed by atoms with van der Waals surface area (Å²) in [5, 5.41) is 2.42. The molecule has 0 amide bonds. The van der Waals surface area contributed by atoms with Gasteiger partial charge in [-0.05, 0) is 6.07 Å². The molecule has 0 fully saturated rings. The lowest BCUT2D eigenvalue weighted by Gasteiger charge is -2.00. The SMILES string of the molecule is COc1ccnc(-c2csc(N)n2)c1. The van der Waals surface area contributed by atoms with Crippen molar-refractivity contribution < 1.29 is 4.74 Å². The number of methoxy groups -OCH3 is 1. The Kier molecular flexibility index (Phi) is 2.32. The average Bonchev–Trinajstić information content (AvgIpc) is 2.65. The van der Waals surface area contributed by atoms with Gasteiger partial charge in [-0.1, -0.05) is 0 Å². The largest absolute Gasteiger partial charge is 0.497 e. The topological polar surface area (TPSA) is 61.0 Å². The van der Waals surface area contributed by atoms with Crippen LogP contribution in [0.5, 0.6) is 5.75 Å². The number of rotatable bonds is 2. The molecule has 0 saturated carbocycles. The van der Waals surface area contributed by atoms with E-state index >= 15 is 0 Å². The highest BCUT2D eigenvalue weighted by Crippen LogP contribution is 2.23. The van der Waals surface area contributed by atoms with Crippen molar-refractivity contribution in [3.63, 3.8) is 0 Å². The summed E-state index contributed by atoms with van der Waals surface area (Å²) in [7, 11) is 1.62. The first kappa shape index (κ1) is 8.96. The van der Waals surface area contributed by atoms with Gasteiger partial charge in [0.05, 0.1) is 12.8 Å². The molecule has 14 heavy (non-hydrogen) atoms. The first-order valence-electron chi connectivity index (χ1n) is 4.01. The molecule has 0 bridgehead atoms. The lowest BCUT2D eigenvalue weighted by atomic mass is 10.3. The van der Waals surface area contributed by atoms with Gasteiger partial charge in [0.15, 0.2) is 5.13 Å². The van der Waals surface area contributed by atoms with Gasteiger partial charge in [-0.3, -0.25) is 4.98 Å². The molecule has 0 atom stereocenters. The lowest BCUT2D eigenvalue weighted by Crippen LogP contribution is -1.88. The van der Waals surface area contributed by atoms with E-state index in [9.17, 15) is 0 Å². The second kappa shape index (κ2) is 3.63. The molecule has 0 aromatic carbocycles. The average molecular weight is 207 g/mol. The Balaban J connectivity index is 2.41. The van der Waals surface area contributed by atoms with Crippen molar-refractivity contribution in [2.75, 3.05) is 12.8 Å². The smallest absolute Gasteiger partial charge is 0.180 e. The zero-order valence-corrected chi connectivity index (χ0v) is 8.41. The van der Waals surface area contributed by atoms with Crippen molar-refractivity contribution in [3.05, 3.63) is 23.7 Å². The molecular formula is C9H9N3OS. The van der Waals surface area contributed by atoms with E-state index < -0.39 is 0 Å². The van der Waals surface area contributed by atoms with Gasteiger partial charge >= 0.3 is 0 Å². The van der Waals surface area contributed by atoms with Crippen LogP contribution in [0.2, 0.25) is 0 Å². The zero-order valence-electron chi connectivity index (χ0n) is 7.60. The summed E-state index contributed by atoms with van der Waals surface area (Å²) in [5.41, 5.74) is 7.09. The molecule has 0 spiro atoms. The fraction of sp³-hybridized carbons (Fsp3) is 0.111. The monoisotopic (exact) mass is 207 g/mol. The molecule has 0 unspecified atom stereocenters. The molecular weight excluding hydrogens is 198 g/mol. The molecule has 2 heterocycles. The first-order valence-corrected chi connectivity index (χ1v) is 4.89. The van der Waals surface area contributed by atoms with Gasteiger partial charge in [-0.25, -0.2) is 4.98 Å². The third-order valence-electron chi connectivity index (χ3n) is 1.75. The van der Waals surface area contributed by atoms with Crippen molar-refractivity contribution in [3.8, 4) is 17.1 Å². The second-order valence-corrected chi connectivity index (χ2v) is 3.54. The van der Waals surface area contributed by atoms with Crippen molar-refractivity contribution in [1.82, 2.24) is 9.97 Å². The van der Waals surface area contributed by atoms with Crippen molar-refractivity contribution >= 4 is 16.5 Å². The third-order valence-corrected chi connectivity index (χ3v) is 2.43. The molecule has 2 aromatic heterocycles.